The van der Waals surface area contributed by atoms with Crippen molar-refractivity contribution in [3.63, 3.8) is 0 Å². The van der Waals surface area contributed by atoms with Crippen LogP contribution in [0.4, 0.5) is 5.69 Å². The van der Waals surface area contributed by atoms with Crippen molar-refractivity contribution in [2.45, 2.75) is 6.54 Å². The zero-order valence-corrected chi connectivity index (χ0v) is 22.6. The van der Waals surface area contributed by atoms with Gasteiger partial charge in [-0.05, 0) is 54.1 Å². The van der Waals surface area contributed by atoms with Gasteiger partial charge in [-0.2, -0.15) is 0 Å². The fourth-order valence-corrected chi connectivity index (χ4v) is 4.69. The number of carbonyl (C=O) groups is 1. The molecule has 0 heterocycles. The molecular formula is C30H30N2O6S. The van der Waals surface area contributed by atoms with Gasteiger partial charge in [0.1, 0.15) is 23.9 Å². The van der Waals surface area contributed by atoms with Gasteiger partial charge in [-0.15, -0.1) is 0 Å². The number of carbonyl (C=O) groups excluding carboxylic acids is 1. The number of nitrogens with zero attached hydrogens (tertiary/aromatic N) is 1. The molecule has 0 fully saturated rings. The molecule has 0 atom stereocenters. The number of benzene rings is 4. The third kappa shape index (κ3) is 7.75. The van der Waals surface area contributed by atoms with E-state index in [2.05, 4.69) is 5.32 Å². The van der Waals surface area contributed by atoms with Crippen LogP contribution in [0.3, 0.4) is 0 Å². The highest BCUT2D eigenvalue weighted by molar-refractivity contribution is 7.92. The van der Waals surface area contributed by atoms with Crippen LogP contribution in [-0.4, -0.2) is 40.8 Å². The first-order chi connectivity index (χ1) is 18.8. The lowest BCUT2D eigenvalue weighted by molar-refractivity contribution is 0.0947. The molecule has 0 aromatic heterocycles. The molecule has 4 aromatic carbocycles. The summed E-state index contributed by atoms with van der Waals surface area (Å²) >= 11 is 0. The molecule has 1 N–H and O–H groups in total. The first-order valence-electron chi connectivity index (χ1n) is 12.3. The maximum atomic E-state index is 12.8. The standard InChI is InChI=1S/C30H30N2O6S/c1-36-26-11-8-12-27(21-26)37-20-19-31-30(33)24-17-15-23(16-18-24)22-32(39(2,34)35)28-13-6-7-14-29(28)38-25-9-4-3-5-10-25/h3-18,21H,19-20,22H2,1-2H3,(H,31,33). The lowest BCUT2D eigenvalue weighted by Gasteiger charge is -2.25. The van der Waals surface area contributed by atoms with Crippen LogP contribution >= 0.6 is 0 Å². The monoisotopic (exact) mass is 546 g/mol. The molecule has 39 heavy (non-hydrogen) atoms. The minimum Gasteiger partial charge on any atom is -0.497 e. The fourth-order valence-electron chi connectivity index (χ4n) is 3.80. The number of hydrogen-bond donors (Lipinski definition) is 1. The maximum absolute atomic E-state index is 12.8. The fraction of sp³-hybridized carbons (Fsp3) is 0.167. The van der Waals surface area contributed by atoms with Gasteiger partial charge in [0, 0.05) is 11.6 Å². The second-order valence-electron chi connectivity index (χ2n) is 8.63. The summed E-state index contributed by atoms with van der Waals surface area (Å²) < 4.78 is 43.7. The number of hydrogen-bond acceptors (Lipinski definition) is 6. The van der Waals surface area contributed by atoms with Gasteiger partial charge >= 0.3 is 0 Å². The summed E-state index contributed by atoms with van der Waals surface area (Å²) in [5.74, 6) is 2.11. The van der Waals surface area contributed by atoms with Gasteiger partial charge in [-0.3, -0.25) is 9.10 Å². The number of anilines is 1. The molecule has 0 aliphatic carbocycles. The van der Waals surface area contributed by atoms with E-state index in [1.54, 1.807) is 73.8 Å². The van der Waals surface area contributed by atoms with E-state index in [-0.39, 0.29) is 12.5 Å². The smallest absolute Gasteiger partial charge is 0.251 e. The molecule has 4 aromatic rings. The molecule has 8 nitrogen and oxygen atoms in total. The molecule has 0 radical (unpaired) electrons. The largest absolute Gasteiger partial charge is 0.497 e. The predicted molar refractivity (Wildman–Crippen MR) is 151 cm³/mol. The lowest BCUT2D eigenvalue weighted by Crippen LogP contribution is -2.30. The second kappa shape index (κ2) is 12.8. The molecule has 1 amide bonds. The van der Waals surface area contributed by atoms with Crippen LogP contribution in [0.5, 0.6) is 23.0 Å². The summed E-state index contributed by atoms with van der Waals surface area (Å²) in [6.07, 6.45) is 1.15. The van der Waals surface area contributed by atoms with Crippen molar-refractivity contribution < 1.29 is 27.4 Å². The Balaban J connectivity index is 1.39. The van der Waals surface area contributed by atoms with Crippen LogP contribution in [0.15, 0.2) is 103 Å². The van der Waals surface area contributed by atoms with E-state index < -0.39 is 10.0 Å². The Labute approximate surface area is 228 Å². The third-order valence-corrected chi connectivity index (χ3v) is 6.87. The van der Waals surface area contributed by atoms with E-state index in [1.165, 1.54) is 4.31 Å². The number of rotatable bonds is 12. The number of methoxy groups -OCH3 is 1. The zero-order chi connectivity index (χ0) is 27.7. The van der Waals surface area contributed by atoms with Crippen molar-refractivity contribution in [3.05, 3.63) is 114 Å². The highest BCUT2D eigenvalue weighted by Crippen LogP contribution is 2.34. The minimum atomic E-state index is -3.65. The van der Waals surface area contributed by atoms with Crippen LogP contribution in [0.2, 0.25) is 0 Å². The molecule has 0 saturated heterocycles. The van der Waals surface area contributed by atoms with Gasteiger partial charge in [-0.1, -0.05) is 48.5 Å². The molecule has 0 unspecified atom stereocenters. The SMILES string of the molecule is COc1cccc(OCCNC(=O)c2ccc(CN(c3ccccc3Oc3ccccc3)S(C)(=O)=O)cc2)c1. The highest BCUT2D eigenvalue weighted by Gasteiger charge is 2.22. The van der Waals surface area contributed by atoms with Gasteiger partial charge in [0.15, 0.2) is 5.75 Å². The summed E-state index contributed by atoms with van der Waals surface area (Å²) in [6, 6.07) is 30.2. The summed E-state index contributed by atoms with van der Waals surface area (Å²) in [6.45, 7) is 0.687. The molecular weight excluding hydrogens is 516 g/mol. The third-order valence-electron chi connectivity index (χ3n) is 5.75. The molecule has 202 valence electrons. The van der Waals surface area contributed by atoms with Gasteiger partial charge in [-0.25, -0.2) is 8.42 Å². The lowest BCUT2D eigenvalue weighted by atomic mass is 10.1. The van der Waals surface area contributed by atoms with Crippen molar-refractivity contribution in [1.82, 2.24) is 5.32 Å². The Morgan fingerprint density at radius 1 is 0.821 bits per heavy atom. The Kier molecular flexibility index (Phi) is 9.06. The molecule has 0 spiro atoms. The predicted octanol–water partition coefficient (Wildman–Crippen LogP) is 5.26. The highest BCUT2D eigenvalue weighted by atomic mass is 32.2. The van der Waals surface area contributed by atoms with Crippen LogP contribution in [0.25, 0.3) is 0 Å². The van der Waals surface area contributed by atoms with Gasteiger partial charge in [0.05, 0.1) is 32.1 Å². The van der Waals surface area contributed by atoms with Gasteiger partial charge in [0.2, 0.25) is 10.0 Å². The molecule has 0 aliphatic heterocycles. The van der Waals surface area contributed by atoms with E-state index >= 15 is 0 Å². The quantitative estimate of drug-likeness (QED) is 0.244. The van der Waals surface area contributed by atoms with Gasteiger partial charge < -0.3 is 19.5 Å². The summed E-state index contributed by atoms with van der Waals surface area (Å²) in [5, 5.41) is 2.82. The van der Waals surface area contributed by atoms with E-state index in [9.17, 15) is 13.2 Å². The Bertz CT molecular complexity index is 1490. The summed E-state index contributed by atoms with van der Waals surface area (Å²) in [7, 11) is -2.06. The molecule has 0 saturated carbocycles. The van der Waals surface area contributed by atoms with E-state index in [1.807, 2.05) is 36.4 Å². The number of ether oxygens (including phenoxy) is 3. The van der Waals surface area contributed by atoms with Gasteiger partial charge in [0.25, 0.3) is 5.91 Å². The molecule has 0 aliphatic rings. The van der Waals surface area contributed by atoms with Crippen LogP contribution in [0.1, 0.15) is 15.9 Å². The second-order valence-corrected chi connectivity index (χ2v) is 10.5. The average molecular weight is 547 g/mol. The van der Waals surface area contributed by atoms with E-state index in [0.29, 0.717) is 53.0 Å². The summed E-state index contributed by atoms with van der Waals surface area (Å²) in [4.78, 5) is 12.6. The number of sulfonamides is 1. The van der Waals surface area contributed by atoms with Crippen LogP contribution in [-0.2, 0) is 16.6 Å². The van der Waals surface area contributed by atoms with Crippen molar-refractivity contribution in [3.8, 4) is 23.0 Å². The topological polar surface area (TPSA) is 94.2 Å². The maximum Gasteiger partial charge on any atom is 0.251 e. The van der Waals surface area contributed by atoms with Crippen molar-refractivity contribution in [2.24, 2.45) is 0 Å². The Morgan fingerprint density at radius 3 is 2.21 bits per heavy atom. The van der Waals surface area contributed by atoms with E-state index in [4.69, 9.17) is 14.2 Å². The van der Waals surface area contributed by atoms with Crippen LogP contribution in [0, 0.1) is 0 Å². The average Bonchev–Trinajstić information content (AvgIpc) is 2.95. The zero-order valence-electron chi connectivity index (χ0n) is 21.7. The molecule has 0 bridgehead atoms. The number of amides is 1. The summed E-state index contributed by atoms with van der Waals surface area (Å²) in [5.41, 5.74) is 1.59. The first-order valence-corrected chi connectivity index (χ1v) is 14.1. The number of para-hydroxylation sites is 3. The molecule has 4 rings (SSSR count). The van der Waals surface area contributed by atoms with Crippen molar-refractivity contribution in [1.29, 1.82) is 0 Å². The normalized spacial score (nSPS) is 10.9. The van der Waals surface area contributed by atoms with Crippen molar-refractivity contribution >= 4 is 21.6 Å². The Morgan fingerprint density at radius 2 is 1.49 bits per heavy atom. The minimum absolute atomic E-state index is 0.0737. The Hall–Kier alpha value is -4.50. The van der Waals surface area contributed by atoms with Crippen LogP contribution < -0.4 is 23.8 Å². The molecule has 9 heteroatoms. The number of nitrogens with one attached hydrogen (secondary N) is 1. The van der Waals surface area contributed by atoms with Crippen molar-refractivity contribution in [2.75, 3.05) is 30.8 Å². The first kappa shape index (κ1) is 27.5. The van der Waals surface area contributed by atoms with E-state index in [0.717, 1.165) is 6.26 Å².